The van der Waals surface area contributed by atoms with Crippen LogP contribution in [0.3, 0.4) is 0 Å². The fourth-order valence-electron chi connectivity index (χ4n) is 19.9. The predicted octanol–water partition coefficient (Wildman–Crippen LogP) is 26.1. The van der Waals surface area contributed by atoms with Crippen LogP contribution < -0.4 is 14.2 Å². The van der Waals surface area contributed by atoms with E-state index in [1.807, 2.05) is 187 Å². The van der Waals surface area contributed by atoms with E-state index in [2.05, 4.69) is 92.7 Å². The van der Waals surface area contributed by atoms with Gasteiger partial charge in [-0.15, -0.1) is 0 Å². The van der Waals surface area contributed by atoms with Gasteiger partial charge in [-0.1, -0.05) is 115 Å². The molecule has 1 N–H and O–H groups in total. The molecule has 7 aromatic rings. The van der Waals surface area contributed by atoms with Gasteiger partial charge in [0, 0.05) is 40.5 Å². The smallest absolute Gasteiger partial charge is 0.316 e. The third-order valence-corrected chi connectivity index (χ3v) is 31.7. The first-order chi connectivity index (χ1) is 60.8. The van der Waals surface area contributed by atoms with Crippen LogP contribution in [0.4, 0.5) is 8.78 Å². The molecular formula is C109H147F2O18S+. The summed E-state index contributed by atoms with van der Waals surface area (Å²) in [6.07, 6.45) is 13.1. The van der Waals surface area contributed by atoms with Gasteiger partial charge in [0.25, 0.3) is 5.92 Å². The van der Waals surface area contributed by atoms with Crippen LogP contribution in [0.1, 0.15) is 299 Å². The number of benzene rings is 6. The van der Waals surface area contributed by atoms with Crippen molar-refractivity contribution in [1.29, 1.82) is 0 Å². The Bertz CT molecular complexity index is 4940. The largest absolute Gasteiger partial charge is 0.508 e. The zero-order valence-corrected chi connectivity index (χ0v) is 82.5. The molecule has 8 bridgehead atoms. The molecule has 7 aliphatic carbocycles. The number of hydrogen-bond donors (Lipinski definition) is 1. The van der Waals surface area contributed by atoms with Gasteiger partial charge >= 0.3 is 41.8 Å². The highest BCUT2D eigenvalue weighted by Gasteiger charge is 2.67. The number of phenols is 1. The van der Waals surface area contributed by atoms with Gasteiger partial charge in [0.2, 0.25) is 0 Å². The van der Waals surface area contributed by atoms with Gasteiger partial charge in [-0.2, -0.15) is 0 Å². The molecule has 3 saturated heterocycles. The van der Waals surface area contributed by atoms with E-state index in [0.717, 1.165) is 92.2 Å². The van der Waals surface area contributed by atoms with E-state index in [1.165, 1.54) is 69.8 Å². The van der Waals surface area contributed by atoms with Crippen LogP contribution in [0.25, 0.3) is 25.1 Å². The number of fused-ring (bicyclic) bond motifs is 9. The quantitative estimate of drug-likeness (QED) is 0.0256. The molecule has 18 nitrogen and oxygen atoms in total. The highest BCUT2D eigenvalue weighted by atomic mass is 32.2. The summed E-state index contributed by atoms with van der Waals surface area (Å²) in [7, 11) is 0.0594. The highest BCUT2D eigenvalue weighted by molar-refractivity contribution is 7.50. The first kappa shape index (κ1) is 102. The number of rotatable bonds is 24. The van der Waals surface area contributed by atoms with Crippen LogP contribution in [-0.4, -0.2) is 106 Å². The van der Waals surface area contributed by atoms with Crippen LogP contribution in [-0.2, 0) is 66.7 Å². The van der Waals surface area contributed by atoms with Crippen molar-refractivity contribution in [2.45, 2.75) is 347 Å². The Labute approximate surface area is 774 Å². The van der Waals surface area contributed by atoms with E-state index in [9.17, 15) is 42.3 Å². The minimum Gasteiger partial charge on any atom is -0.508 e. The number of esters is 7. The van der Waals surface area contributed by atoms with Crippen molar-refractivity contribution in [3.05, 3.63) is 163 Å². The van der Waals surface area contributed by atoms with E-state index in [4.69, 9.17) is 52.5 Å². The number of aromatic hydroxyl groups is 1. The third-order valence-electron chi connectivity index (χ3n) is 29.4. The molecule has 710 valence electrons. The van der Waals surface area contributed by atoms with Gasteiger partial charge in [0.15, 0.2) is 38.7 Å². The lowest BCUT2D eigenvalue weighted by atomic mass is 9.48. The van der Waals surface area contributed by atoms with Crippen molar-refractivity contribution < 1.29 is 94.8 Å². The normalized spacial score (nSPS) is 25.7. The Balaban J connectivity index is 0.000000153. The maximum Gasteiger partial charge on any atom is 0.316 e. The summed E-state index contributed by atoms with van der Waals surface area (Å²) >= 11 is 0. The molecule has 6 aromatic carbocycles. The molecule has 3 aliphatic heterocycles. The van der Waals surface area contributed by atoms with E-state index in [-0.39, 0.29) is 104 Å². The summed E-state index contributed by atoms with van der Waals surface area (Å²) in [5, 5.41) is 11.8. The first-order valence-corrected chi connectivity index (χ1v) is 48.9. The zero-order valence-electron chi connectivity index (χ0n) is 81.7. The van der Waals surface area contributed by atoms with Gasteiger partial charge in [-0.05, 0) is 346 Å². The second-order valence-electron chi connectivity index (χ2n) is 43.5. The van der Waals surface area contributed by atoms with Crippen molar-refractivity contribution >= 4 is 72.4 Å². The van der Waals surface area contributed by atoms with Gasteiger partial charge in [-0.3, -0.25) is 33.6 Å². The molecule has 0 amide bonds. The number of ether oxygens (including phenoxy) is 10. The van der Waals surface area contributed by atoms with Crippen LogP contribution >= 0.6 is 10.5 Å². The maximum atomic E-state index is 13.5. The molecular weight excluding hydrogens is 1670 g/mol. The lowest BCUT2D eigenvalue weighted by molar-refractivity contribution is -0.224. The van der Waals surface area contributed by atoms with Gasteiger partial charge in [0.05, 0.1) is 44.5 Å². The molecule has 10 fully saturated rings. The summed E-state index contributed by atoms with van der Waals surface area (Å²) in [6, 6.07) is 50.0. The molecule has 1 aromatic heterocycles. The monoisotopic (exact) mass is 1810 g/mol. The van der Waals surface area contributed by atoms with Crippen LogP contribution in [0.2, 0.25) is 0 Å². The molecule has 17 rings (SSSR count). The number of thiophene rings is 1. The van der Waals surface area contributed by atoms with Crippen molar-refractivity contribution in [3.63, 3.8) is 0 Å². The lowest BCUT2D eigenvalue weighted by Crippen LogP contribution is -2.61. The molecule has 0 radical (unpaired) electrons. The number of halogens is 2. The summed E-state index contributed by atoms with van der Waals surface area (Å²) in [4.78, 5) is 87.8. The molecule has 21 heteroatoms. The Morgan fingerprint density at radius 2 is 0.962 bits per heavy atom. The minimum absolute atomic E-state index is 0.0314. The number of carbonyl (C=O) groups is 7. The Morgan fingerprint density at radius 1 is 0.500 bits per heavy atom. The van der Waals surface area contributed by atoms with Crippen molar-refractivity contribution in [1.82, 2.24) is 0 Å². The van der Waals surface area contributed by atoms with Crippen molar-refractivity contribution in [2.75, 3.05) is 0 Å². The van der Waals surface area contributed by atoms with Gasteiger partial charge in [0.1, 0.15) is 51.5 Å². The second-order valence-corrected chi connectivity index (χ2v) is 45.4. The SMILES string of the molecule is CCC(C)(C)C(=O)OC(c1ccc(OC(C)(C)C)cc1)c1ccc(OC(C)(C)C)cc1.CCC(C)(C)C(=O)OC1(CC)CC2CC1C1CCCC21.CCC(C)(C)C(=O)OC12CC3CC(C1)CC(C(=O)OC(C)C(C)(F)F)(C3)C2.CCC(C)(C)C(=O)OC1C2CC3C(=O)OC1C3O2.CCC(C)(C)C(=O)Oc1ccc(O)cc1.c1ccc(-[s+]2c3ccccc3c3ccccc32)cc1. The van der Waals surface area contributed by atoms with E-state index in [0.29, 0.717) is 56.6 Å². The molecule has 0 spiro atoms. The van der Waals surface area contributed by atoms with Crippen LogP contribution in [0.15, 0.2) is 152 Å². The zero-order chi connectivity index (χ0) is 95.5. The summed E-state index contributed by atoms with van der Waals surface area (Å²) < 4.78 is 87.0. The van der Waals surface area contributed by atoms with Gasteiger partial charge < -0.3 is 52.5 Å². The Kier molecular flexibility index (Phi) is 31.3. The fourth-order valence-corrected chi connectivity index (χ4v) is 22.3. The topological polar surface area (TPSA) is 232 Å². The molecule has 10 aliphatic rings. The summed E-state index contributed by atoms with van der Waals surface area (Å²) in [6.45, 7) is 45.2. The van der Waals surface area contributed by atoms with Crippen LogP contribution in [0, 0.1) is 73.9 Å². The Morgan fingerprint density at radius 3 is 1.45 bits per heavy atom. The molecule has 4 heterocycles. The molecule has 13 unspecified atom stereocenters. The average Bonchev–Trinajstić information content (AvgIpc) is 0.936. The fraction of sp³-hybridized carbons (Fsp3) is 0.606. The lowest BCUT2D eigenvalue weighted by Gasteiger charge is -2.60. The second kappa shape index (κ2) is 40.1. The highest BCUT2D eigenvalue weighted by Crippen LogP contribution is 2.66. The minimum atomic E-state index is -3.08. The summed E-state index contributed by atoms with van der Waals surface area (Å²) in [5.41, 5.74) is -2.77. The maximum absolute atomic E-state index is 13.5. The average molecular weight is 1820 g/mol. The van der Waals surface area contributed by atoms with Crippen LogP contribution in [0.5, 0.6) is 23.0 Å². The molecule has 130 heavy (non-hydrogen) atoms. The van der Waals surface area contributed by atoms with Crippen molar-refractivity contribution in [3.8, 4) is 27.9 Å². The molecule has 13 atom stereocenters. The number of phenolic OH excluding ortho intramolecular Hbond substituents is 1. The standard InChI is InChI=1S/C27H38O4.C21H32F2O4.C18H30O2.C18H13S.C13H18O5.C12H16O3/c1-10-27(8,9)24(28)29-23(19-11-15-21(16-12-19)30-25(2,3)4)20-13-17-22(18-14-20)31-26(5,6)7;1-6-18(3,4)16(24)27-21-10-14-7-15(11-21)9-20(8-14,12-21)17(25)26-13(2)19(5,22)23;1-5-17(3,4)16(19)20-18(6-2)11-12-10-15(18)14-9-7-8-13(12)14;1-2-8-14(9-3-1)19-17-12-6-4-10-15(17)16-11-5-7-13-18(16)19;1-4-13(2,3)12(15)18-9-7-5-6-8(16-7)10(9)17-11(6)14;1-4-12(2,3)11(14)15-10-7-5-9(13)6-8-10/h11-18,23H,10H2,1-9H3;13-15H,6-12H2,1-5H3;12-15H,5-11H2,1-4H3;1-13H;6-10H,4-5H2,1-3H3;5-8,13H,4H2,1-3H3/q;;;+1;;. The molecule has 7 saturated carbocycles. The first-order valence-electron chi connectivity index (χ1n) is 47.7. The van der Waals surface area contributed by atoms with Crippen molar-refractivity contribution in [2.24, 2.45) is 73.9 Å². The summed E-state index contributed by atoms with van der Waals surface area (Å²) in [5.74, 6) is 1.16. The number of carbonyl (C=O) groups excluding carboxylic acids is 7. The predicted molar refractivity (Wildman–Crippen MR) is 506 cm³/mol. The van der Waals surface area contributed by atoms with Gasteiger partial charge in [-0.25, -0.2) is 8.78 Å². The third kappa shape index (κ3) is 23.4. The van der Waals surface area contributed by atoms with E-state index < -0.39 is 69.0 Å². The number of alkyl halides is 2. The van der Waals surface area contributed by atoms with E-state index in [1.54, 1.807) is 12.1 Å². The Hall–Kier alpha value is -8.95. The van der Waals surface area contributed by atoms with E-state index >= 15 is 0 Å². The number of hydrogen-bond acceptors (Lipinski definition) is 18.